The van der Waals surface area contributed by atoms with Gasteiger partial charge in [-0.2, -0.15) is 0 Å². The van der Waals surface area contributed by atoms with Crippen LogP contribution in [-0.2, 0) is 18.9 Å². The fourth-order valence-corrected chi connectivity index (χ4v) is 5.08. The van der Waals surface area contributed by atoms with Crippen LogP contribution in [0.3, 0.4) is 0 Å². The molecule has 0 amide bonds. The van der Waals surface area contributed by atoms with Crippen molar-refractivity contribution in [2.45, 2.75) is 119 Å². The zero-order valence-electron chi connectivity index (χ0n) is 19.6. The molecule has 200 valence electrons. The molecule has 0 bridgehead atoms. The number of aliphatic hydroxyl groups is 7. The third kappa shape index (κ3) is 7.07. The van der Waals surface area contributed by atoms with E-state index in [9.17, 15) is 35.7 Å². The normalized spacial score (nSPS) is 42.1. The Balaban J connectivity index is 1.45. The first-order valence-electron chi connectivity index (χ1n) is 12.6. The van der Waals surface area contributed by atoms with Gasteiger partial charge in [-0.05, 0) is 12.3 Å². The van der Waals surface area contributed by atoms with Crippen molar-refractivity contribution in [3.05, 3.63) is 0 Å². The van der Waals surface area contributed by atoms with Crippen molar-refractivity contribution in [2.24, 2.45) is 5.92 Å². The molecule has 1 saturated carbocycles. The van der Waals surface area contributed by atoms with E-state index >= 15 is 0 Å². The maximum absolute atomic E-state index is 10.6. The Labute approximate surface area is 200 Å². The fourth-order valence-electron chi connectivity index (χ4n) is 5.08. The number of hydrogen-bond donors (Lipinski definition) is 7. The number of unbranched alkanes of at least 4 members (excludes halogenated alkanes) is 2. The quantitative estimate of drug-likeness (QED) is 0.171. The van der Waals surface area contributed by atoms with Crippen LogP contribution in [0.15, 0.2) is 0 Å². The van der Waals surface area contributed by atoms with Crippen molar-refractivity contribution < 1.29 is 54.7 Å². The highest BCUT2D eigenvalue weighted by atomic mass is 16.7. The van der Waals surface area contributed by atoms with Gasteiger partial charge in [0.05, 0.1) is 13.2 Å². The van der Waals surface area contributed by atoms with Crippen LogP contribution in [0.4, 0.5) is 0 Å². The van der Waals surface area contributed by atoms with Crippen LogP contribution in [0.25, 0.3) is 0 Å². The predicted octanol–water partition coefficient (Wildman–Crippen LogP) is -1.23. The van der Waals surface area contributed by atoms with Crippen LogP contribution in [0.1, 0.15) is 57.8 Å². The standard InChI is InChI=1S/C23H42O11/c24-11-14-16(26)17(27)19(29)23(32-14)34-21-15(12-25)33-22(20(30)18(21)28)31-10-6-2-5-9-13-7-3-1-4-8-13/h13-30H,1-12H2/t14-,15-,16-,17+,18-,19-,20-,21-,22-,23+/m1/s1. The van der Waals surface area contributed by atoms with Gasteiger partial charge < -0.3 is 54.7 Å². The lowest BCUT2D eigenvalue weighted by Gasteiger charge is -2.45. The highest BCUT2D eigenvalue weighted by Gasteiger charge is 2.50. The molecule has 0 aromatic heterocycles. The average molecular weight is 495 g/mol. The summed E-state index contributed by atoms with van der Waals surface area (Å²) in [6, 6.07) is 0. The second-order valence-corrected chi connectivity index (χ2v) is 9.73. The molecule has 1 aliphatic carbocycles. The molecule has 3 fully saturated rings. The SMILES string of the molecule is OC[C@H]1O[C@@H](O[C@H]2[C@H](O)[C@@H](O)[C@H](OCCCCCC3CCCCC3)O[C@@H]2CO)[C@H](O)[C@@H](O)[C@@H]1O. The molecule has 10 atom stereocenters. The molecule has 2 saturated heterocycles. The van der Waals surface area contributed by atoms with Crippen LogP contribution >= 0.6 is 0 Å². The molecule has 2 aliphatic heterocycles. The molecule has 11 heteroatoms. The van der Waals surface area contributed by atoms with Gasteiger partial charge in [-0.15, -0.1) is 0 Å². The number of ether oxygens (including phenoxy) is 4. The molecule has 34 heavy (non-hydrogen) atoms. The van der Waals surface area contributed by atoms with Gasteiger partial charge in [-0.1, -0.05) is 51.4 Å². The van der Waals surface area contributed by atoms with E-state index in [0.717, 1.165) is 25.2 Å². The Morgan fingerprint density at radius 3 is 1.97 bits per heavy atom. The van der Waals surface area contributed by atoms with Gasteiger partial charge in [0.25, 0.3) is 0 Å². The smallest absolute Gasteiger partial charge is 0.187 e. The van der Waals surface area contributed by atoms with E-state index < -0.39 is 74.6 Å². The minimum atomic E-state index is -1.69. The summed E-state index contributed by atoms with van der Waals surface area (Å²) in [7, 11) is 0. The van der Waals surface area contributed by atoms with Crippen molar-refractivity contribution >= 4 is 0 Å². The Morgan fingerprint density at radius 2 is 1.29 bits per heavy atom. The summed E-state index contributed by atoms with van der Waals surface area (Å²) in [6.07, 6.45) is -3.49. The van der Waals surface area contributed by atoms with Crippen molar-refractivity contribution in [3.8, 4) is 0 Å². The maximum Gasteiger partial charge on any atom is 0.187 e. The first-order valence-corrected chi connectivity index (χ1v) is 12.6. The van der Waals surface area contributed by atoms with Gasteiger partial charge in [0.15, 0.2) is 12.6 Å². The number of rotatable bonds is 11. The number of aliphatic hydroxyl groups excluding tert-OH is 7. The van der Waals surface area contributed by atoms with Crippen LogP contribution in [-0.4, -0.2) is 117 Å². The summed E-state index contributed by atoms with van der Waals surface area (Å²) in [5.41, 5.74) is 0. The molecular formula is C23H42O11. The summed E-state index contributed by atoms with van der Waals surface area (Å²) in [5.74, 6) is 0.833. The molecule has 0 aromatic carbocycles. The van der Waals surface area contributed by atoms with Crippen LogP contribution in [0, 0.1) is 5.92 Å². The van der Waals surface area contributed by atoms with Crippen LogP contribution in [0.2, 0.25) is 0 Å². The van der Waals surface area contributed by atoms with E-state index in [4.69, 9.17) is 18.9 Å². The van der Waals surface area contributed by atoms with Gasteiger partial charge in [0.1, 0.15) is 48.8 Å². The van der Waals surface area contributed by atoms with Crippen molar-refractivity contribution in [3.63, 3.8) is 0 Å². The van der Waals surface area contributed by atoms with Crippen molar-refractivity contribution in [2.75, 3.05) is 19.8 Å². The lowest BCUT2D eigenvalue weighted by Crippen LogP contribution is -2.64. The lowest BCUT2D eigenvalue weighted by molar-refractivity contribution is -0.359. The first-order chi connectivity index (χ1) is 16.4. The summed E-state index contributed by atoms with van der Waals surface area (Å²) in [5, 5.41) is 70.2. The molecule has 0 aromatic rings. The largest absolute Gasteiger partial charge is 0.394 e. The van der Waals surface area contributed by atoms with Crippen molar-refractivity contribution in [1.82, 2.24) is 0 Å². The third-order valence-corrected chi connectivity index (χ3v) is 7.22. The molecule has 0 unspecified atom stereocenters. The maximum atomic E-state index is 10.6. The van der Waals surface area contributed by atoms with Crippen LogP contribution < -0.4 is 0 Å². The average Bonchev–Trinajstić information content (AvgIpc) is 2.85. The van der Waals surface area contributed by atoms with E-state index in [2.05, 4.69) is 0 Å². The van der Waals surface area contributed by atoms with E-state index in [1.54, 1.807) is 0 Å². The van der Waals surface area contributed by atoms with E-state index in [-0.39, 0.29) is 0 Å². The summed E-state index contributed by atoms with van der Waals surface area (Å²) >= 11 is 0. The Morgan fingerprint density at radius 1 is 0.647 bits per heavy atom. The molecular weight excluding hydrogens is 452 g/mol. The van der Waals surface area contributed by atoms with Crippen molar-refractivity contribution in [1.29, 1.82) is 0 Å². The van der Waals surface area contributed by atoms with Gasteiger partial charge >= 0.3 is 0 Å². The second-order valence-electron chi connectivity index (χ2n) is 9.73. The summed E-state index contributed by atoms with van der Waals surface area (Å²) in [4.78, 5) is 0. The molecule has 0 spiro atoms. The second kappa shape index (κ2) is 13.8. The summed E-state index contributed by atoms with van der Waals surface area (Å²) in [6.45, 7) is -0.889. The Bertz CT molecular complexity index is 571. The first kappa shape index (κ1) is 28.1. The molecule has 3 rings (SSSR count). The Hall–Kier alpha value is -0.440. The lowest BCUT2D eigenvalue weighted by atomic mass is 9.86. The molecule has 11 nitrogen and oxygen atoms in total. The fraction of sp³-hybridized carbons (Fsp3) is 1.00. The Kier molecular flexibility index (Phi) is 11.4. The topological polar surface area (TPSA) is 179 Å². The van der Waals surface area contributed by atoms with E-state index in [0.29, 0.717) is 6.61 Å². The van der Waals surface area contributed by atoms with Gasteiger partial charge in [0, 0.05) is 6.61 Å². The van der Waals surface area contributed by atoms with Gasteiger partial charge in [0.2, 0.25) is 0 Å². The zero-order chi connectivity index (χ0) is 24.7. The van der Waals surface area contributed by atoms with Gasteiger partial charge in [-0.3, -0.25) is 0 Å². The minimum Gasteiger partial charge on any atom is -0.394 e. The monoisotopic (exact) mass is 494 g/mol. The molecule has 2 heterocycles. The van der Waals surface area contributed by atoms with E-state index in [1.807, 2.05) is 0 Å². The highest BCUT2D eigenvalue weighted by Crippen LogP contribution is 2.30. The minimum absolute atomic E-state index is 0.329. The molecule has 0 radical (unpaired) electrons. The molecule has 3 aliphatic rings. The zero-order valence-corrected chi connectivity index (χ0v) is 19.6. The third-order valence-electron chi connectivity index (χ3n) is 7.22. The number of hydrogen-bond acceptors (Lipinski definition) is 11. The summed E-state index contributed by atoms with van der Waals surface area (Å²) < 4.78 is 22.1. The highest BCUT2D eigenvalue weighted by molar-refractivity contribution is 4.94. The van der Waals surface area contributed by atoms with E-state index in [1.165, 1.54) is 38.5 Å². The van der Waals surface area contributed by atoms with Gasteiger partial charge in [-0.25, -0.2) is 0 Å². The molecule has 7 N–H and O–H groups in total. The predicted molar refractivity (Wildman–Crippen MR) is 117 cm³/mol. The van der Waals surface area contributed by atoms with Crippen LogP contribution in [0.5, 0.6) is 0 Å².